The van der Waals surface area contributed by atoms with Crippen molar-refractivity contribution in [2.45, 2.75) is 32.6 Å². The predicted molar refractivity (Wildman–Crippen MR) is 62.8 cm³/mol. The number of unbranched alkanes of at least 4 members (excludes halogenated alkanes) is 3. The molecule has 1 heterocycles. The van der Waals surface area contributed by atoms with Crippen molar-refractivity contribution in [1.82, 2.24) is 9.80 Å². The lowest BCUT2D eigenvalue weighted by Gasteiger charge is -2.17. The molecule has 0 saturated carbocycles. The van der Waals surface area contributed by atoms with Gasteiger partial charge in [-0.1, -0.05) is 26.2 Å². The molecule has 0 unspecified atom stereocenters. The second-order valence-corrected chi connectivity index (χ2v) is 4.06. The highest BCUT2D eigenvalue weighted by atomic mass is 19.5. The van der Waals surface area contributed by atoms with Gasteiger partial charge in [0.2, 0.25) is 0 Å². The third-order valence-electron chi connectivity index (χ3n) is 2.24. The number of hydrogen-bond acceptors (Lipinski definition) is 2. The summed E-state index contributed by atoms with van der Waals surface area (Å²) in [5.74, 6) is 0. The molecule has 0 amide bonds. The molecule has 0 N–H and O–H groups in total. The Labute approximate surface area is 100 Å². The Hall–Kier alpha value is -0.875. The summed E-state index contributed by atoms with van der Waals surface area (Å²) in [7, 11) is -3.89. The molecule has 1 aliphatic heterocycles. The zero-order valence-electron chi connectivity index (χ0n) is 10.4. The van der Waals surface area contributed by atoms with Crippen molar-refractivity contribution < 1.29 is 17.3 Å². The third-order valence-corrected chi connectivity index (χ3v) is 2.24. The number of halogens is 4. The lowest BCUT2D eigenvalue weighted by atomic mass is 10.2. The summed E-state index contributed by atoms with van der Waals surface area (Å²) in [4.78, 5) is 4.58. The summed E-state index contributed by atoms with van der Waals surface area (Å²) in [6.45, 7) is 4.55. The molecule has 1 aliphatic rings. The van der Waals surface area contributed by atoms with Gasteiger partial charge in [0.05, 0.1) is 6.67 Å². The van der Waals surface area contributed by atoms with Crippen LogP contribution in [-0.2, 0) is 0 Å². The maximum Gasteiger partial charge on any atom is 0.673 e. The van der Waals surface area contributed by atoms with Gasteiger partial charge in [-0.05, 0) is 6.42 Å². The Balaban J connectivity index is 0.000000437. The van der Waals surface area contributed by atoms with Gasteiger partial charge < -0.3 is 27.1 Å². The van der Waals surface area contributed by atoms with Crippen molar-refractivity contribution in [3.05, 3.63) is 12.4 Å². The van der Waals surface area contributed by atoms with Crippen LogP contribution < -0.4 is 0 Å². The van der Waals surface area contributed by atoms with Crippen LogP contribution in [0.5, 0.6) is 0 Å². The van der Waals surface area contributed by atoms with Crippen molar-refractivity contribution in [2.75, 3.05) is 20.3 Å². The summed E-state index contributed by atoms with van der Waals surface area (Å²) in [6.07, 6.45) is 9.76. The minimum absolute atomic E-state index is 1.08. The maximum atomic E-state index is 9.75. The van der Waals surface area contributed by atoms with Gasteiger partial charge in [0.1, 0.15) is 0 Å². The summed E-state index contributed by atoms with van der Waals surface area (Å²) in [6, 6.07) is 0. The highest BCUT2D eigenvalue weighted by Crippen LogP contribution is 2.07. The zero-order valence-corrected chi connectivity index (χ0v) is 10.4. The topological polar surface area (TPSA) is 6.48 Å². The Morgan fingerprint density at radius 2 is 1.65 bits per heavy atom. The van der Waals surface area contributed by atoms with Crippen LogP contribution in [-0.4, -0.2) is 37.3 Å². The largest absolute Gasteiger partial charge is 0.673 e. The molecule has 0 radical (unpaired) electrons. The smallest absolute Gasteiger partial charge is 0.418 e. The van der Waals surface area contributed by atoms with Gasteiger partial charge in [-0.15, -0.1) is 0 Å². The molecule has 0 fully saturated rings. The molecule has 0 spiro atoms. The summed E-state index contributed by atoms with van der Waals surface area (Å²) in [5, 5.41) is 0. The van der Waals surface area contributed by atoms with Crippen LogP contribution in [0.1, 0.15) is 32.6 Å². The molecule has 0 aliphatic carbocycles. The van der Waals surface area contributed by atoms with Gasteiger partial charge >= 0.3 is 7.25 Å². The Kier molecular flexibility index (Phi) is 7.83. The van der Waals surface area contributed by atoms with Gasteiger partial charge in [-0.25, -0.2) is 0 Å². The first-order chi connectivity index (χ1) is 7.83. The molecular formula is C10H20BF4N2-. The van der Waals surface area contributed by atoms with Gasteiger partial charge in [-0.3, -0.25) is 0 Å². The molecule has 0 aromatic carbocycles. The van der Waals surface area contributed by atoms with Gasteiger partial charge in [0.25, 0.3) is 0 Å². The first kappa shape index (κ1) is 16.1. The van der Waals surface area contributed by atoms with E-state index in [9.17, 15) is 17.3 Å². The van der Waals surface area contributed by atoms with Crippen molar-refractivity contribution in [1.29, 1.82) is 0 Å². The average molecular weight is 255 g/mol. The van der Waals surface area contributed by atoms with E-state index in [2.05, 4.69) is 36.2 Å². The van der Waals surface area contributed by atoms with Gasteiger partial charge in [0, 0.05) is 26.0 Å². The number of hydrogen-bond donors (Lipinski definition) is 0. The lowest BCUT2D eigenvalue weighted by Crippen LogP contribution is -2.23. The second kappa shape index (κ2) is 8.25. The van der Waals surface area contributed by atoms with E-state index >= 15 is 0 Å². The zero-order chi connectivity index (χ0) is 13.3. The van der Waals surface area contributed by atoms with E-state index in [0.29, 0.717) is 0 Å². The molecule has 0 saturated heterocycles. The minimum atomic E-state index is -6.00. The van der Waals surface area contributed by atoms with Crippen LogP contribution in [0.3, 0.4) is 0 Å². The fraction of sp³-hybridized carbons (Fsp3) is 0.800. The van der Waals surface area contributed by atoms with E-state index in [4.69, 9.17) is 0 Å². The molecule has 0 atom stereocenters. The van der Waals surface area contributed by atoms with Crippen LogP contribution in [0, 0.1) is 0 Å². The summed E-state index contributed by atoms with van der Waals surface area (Å²) in [5.41, 5.74) is 0. The van der Waals surface area contributed by atoms with E-state index in [1.807, 2.05) is 0 Å². The van der Waals surface area contributed by atoms with Crippen LogP contribution in [0.15, 0.2) is 12.4 Å². The fourth-order valence-electron chi connectivity index (χ4n) is 1.48. The number of rotatable bonds is 5. The van der Waals surface area contributed by atoms with Crippen molar-refractivity contribution in [3.63, 3.8) is 0 Å². The monoisotopic (exact) mass is 255 g/mol. The van der Waals surface area contributed by atoms with Crippen LogP contribution >= 0.6 is 0 Å². The maximum absolute atomic E-state index is 9.75. The Morgan fingerprint density at radius 1 is 1.06 bits per heavy atom. The first-order valence-corrected chi connectivity index (χ1v) is 5.83. The van der Waals surface area contributed by atoms with Crippen molar-refractivity contribution in [3.8, 4) is 0 Å². The molecule has 1 rings (SSSR count). The molecule has 0 bridgehead atoms. The van der Waals surface area contributed by atoms with E-state index in [1.165, 1.54) is 32.2 Å². The second-order valence-electron chi connectivity index (χ2n) is 4.06. The third kappa shape index (κ3) is 13.1. The molecule has 0 aromatic heterocycles. The molecule has 7 heteroatoms. The molecular weight excluding hydrogens is 235 g/mol. The molecule has 0 aromatic rings. The van der Waals surface area contributed by atoms with Gasteiger partial charge in [-0.2, -0.15) is 0 Å². The lowest BCUT2D eigenvalue weighted by molar-refractivity contribution is 0.291. The Morgan fingerprint density at radius 3 is 2.06 bits per heavy atom. The summed E-state index contributed by atoms with van der Waals surface area (Å²) < 4.78 is 39.0. The predicted octanol–water partition coefficient (Wildman–Crippen LogP) is 3.54. The quantitative estimate of drug-likeness (QED) is 0.421. The van der Waals surface area contributed by atoms with Crippen LogP contribution in [0.2, 0.25) is 0 Å². The van der Waals surface area contributed by atoms with Crippen LogP contribution in [0.25, 0.3) is 0 Å². The van der Waals surface area contributed by atoms with E-state index < -0.39 is 7.25 Å². The standard InChI is InChI=1S/C10H20N2.BF4/c1-3-4-5-6-7-12-9-8-11(2)10-12;2-1(3,4)5/h8-9H,3-7,10H2,1-2H3;/q;-1. The van der Waals surface area contributed by atoms with Crippen molar-refractivity contribution in [2.24, 2.45) is 0 Å². The highest BCUT2D eigenvalue weighted by molar-refractivity contribution is 6.50. The molecule has 102 valence electrons. The van der Waals surface area contributed by atoms with E-state index in [-0.39, 0.29) is 0 Å². The SMILES string of the molecule is CCCCCCN1C=CN(C)C1.F[B-](F)(F)F. The summed E-state index contributed by atoms with van der Waals surface area (Å²) >= 11 is 0. The minimum Gasteiger partial charge on any atom is -0.418 e. The normalized spacial score (nSPS) is 14.9. The van der Waals surface area contributed by atoms with E-state index in [0.717, 1.165) is 6.67 Å². The fourth-order valence-corrected chi connectivity index (χ4v) is 1.48. The molecule has 2 nitrogen and oxygen atoms in total. The first-order valence-electron chi connectivity index (χ1n) is 5.83. The molecule has 17 heavy (non-hydrogen) atoms. The van der Waals surface area contributed by atoms with E-state index in [1.54, 1.807) is 0 Å². The van der Waals surface area contributed by atoms with Gasteiger partial charge in [0.15, 0.2) is 0 Å². The number of nitrogens with zero attached hydrogens (tertiary/aromatic N) is 2. The highest BCUT2D eigenvalue weighted by Gasteiger charge is 2.20. The Bertz CT molecular complexity index is 215. The van der Waals surface area contributed by atoms with Crippen molar-refractivity contribution >= 4 is 7.25 Å². The van der Waals surface area contributed by atoms with Crippen LogP contribution in [0.4, 0.5) is 17.3 Å². The average Bonchev–Trinajstić information content (AvgIpc) is 2.56.